The highest BCUT2D eigenvalue weighted by molar-refractivity contribution is 7.19. The summed E-state index contributed by atoms with van der Waals surface area (Å²) in [5.74, 6) is 1.25. The van der Waals surface area contributed by atoms with Crippen LogP contribution in [-0.2, 0) is 13.1 Å². The second kappa shape index (κ2) is 9.07. The molecule has 0 aliphatic rings. The first-order valence-corrected chi connectivity index (χ1v) is 11.4. The molecule has 156 valence electrons. The highest BCUT2D eigenvalue weighted by atomic mass is 35.5. The van der Waals surface area contributed by atoms with E-state index in [9.17, 15) is 0 Å². The van der Waals surface area contributed by atoms with Crippen LogP contribution in [0.3, 0.4) is 0 Å². The Morgan fingerprint density at radius 2 is 1.97 bits per heavy atom. The van der Waals surface area contributed by atoms with E-state index in [-0.39, 0.29) is 0 Å². The number of benzene rings is 1. The van der Waals surface area contributed by atoms with Crippen molar-refractivity contribution in [3.8, 4) is 22.1 Å². The lowest BCUT2D eigenvalue weighted by molar-refractivity contribution is 0.354. The maximum absolute atomic E-state index is 6.39. The number of nitrogens with one attached hydrogen (secondary N) is 1. The van der Waals surface area contributed by atoms with Crippen molar-refractivity contribution in [2.75, 3.05) is 19.5 Å². The van der Waals surface area contributed by atoms with Crippen LogP contribution in [0, 0.1) is 6.92 Å². The van der Waals surface area contributed by atoms with Crippen molar-refractivity contribution < 1.29 is 9.47 Å². The van der Waals surface area contributed by atoms with Crippen molar-refractivity contribution in [2.45, 2.75) is 20.0 Å². The summed E-state index contributed by atoms with van der Waals surface area (Å²) in [4.78, 5) is 5.71. The van der Waals surface area contributed by atoms with Gasteiger partial charge in [0.25, 0.3) is 0 Å². The largest absolute Gasteiger partial charge is 0.493 e. The van der Waals surface area contributed by atoms with Crippen LogP contribution in [0.4, 0.5) is 5.13 Å². The predicted octanol–water partition coefficient (Wildman–Crippen LogP) is 5.71. The first kappa shape index (κ1) is 20.7. The second-order valence-corrected chi connectivity index (χ2v) is 8.80. The van der Waals surface area contributed by atoms with Crippen molar-refractivity contribution in [3.05, 3.63) is 63.1 Å². The number of anilines is 1. The maximum atomic E-state index is 6.39. The molecule has 0 bridgehead atoms. The van der Waals surface area contributed by atoms with E-state index in [1.807, 2.05) is 29.9 Å². The van der Waals surface area contributed by atoms with Gasteiger partial charge in [0, 0.05) is 23.8 Å². The number of hydrogen-bond acceptors (Lipinski definition) is 7. The topological polar surface area (TPSA) is 61.2 Å². The van der Waals surface area contributed by atoms with Crippen LogP contribution < -0.4 is 14.8 Å². The smallest absolute Gasteiger partial charge is 0.183 e. The van der Waals surface area contributed by atoms with Crippen LogP contribution >= 0.6 is 34.3 Å². The molecule has 0 fully saturated rings. The zero-order valence-electron chi connectivity index (χ0n) is 16.8. The highest BCUT2D eigenvalue weighted by Crippen LogP contribution is 2.35. The average molecular weight is 461 g/mol. The monoisotopic (exact) mass is 460 g/mol. The maximum Gasteiger partial charge on any atom is 0.183 e. The lowest BCUT2D eigenvalue weighted by Gasteiger charge is -2.12. The van der Waals surface area contributed by atoms with Gasteiger partial charge in [-0.05, 0) is 47.0 Å². The van der Waals surface area contributed by atoms with Crippen LogP contribution in [0.25, 0.3) is 10.6 Å². The van der Waals surface area contributed by atoms with E-state index < -0.39 is 0 Å². The Labute approximate surface area is 188 Å². The van der Waals surface area contributed by atoms with Crippen LogP contribution in [0.1, 0.15) is 16.8 Å². The zero-order valence-corrected chi connectivity index (χ0v) is 19.2. The number of rotatable bonds is 8. The molecule has 0 saturated heterocycles. The minimum atomic E-state index is 0.526. The first-order valence-electron chi connectivity index (χ1n) is 9.24. The number of hydrogen-bond donors (Lipinski definition) is 1. The van der Waals surface area contributed by atoms with Crippen molar-refractivity contribution in [1.82, 2.24) is 14.8 Å². The molecular weight excluding hydrogens is 440 g/mol. The highest BCUT2D eigenvalue weighted by Gasteiger charge is 2.14. The Hall–Kier alpha value is -2.55. The number of methoxy groups -OCH3 is 2. The van der Waals surface area contributed by atoms with Gasteiger partial charge in [-0.25, -0.2) is 4.98 Å². The molecule has 4 aromatic rings. The Morgan fingerprint density at radius 3 is 2.70 bits per heavy atom. The molecule has 0 saturated carbocycles. The summed E-state index contributed by atoms with van der Waals surface area (Å²) in [6.45, 7) is 3.29. The number of thiazole rings is 1. The van der Waals surface area contributed by atoms with E-state index in [2.05, 4.69) is 27.1 Å². The molecule has 0 aliphatic heterocycles. The van der Waals surface area contributed by atoms with E-state index in [1.165, 1.54) is 5.56 Å². The molecule has 0 radical (unpaired) electrons. The predicted molar refractivity (Wildman–Crippen MR) is 123 cm³/mol. The number of halogens is 1. The van der Waals surface area contributed by atoms with Gasteiger partial charge in [0.1, 0.15) is 5.69 Å². The molecule has 3 aromatic heterocycles. The molecular formula is C21H21ClN4O2S2. The number of aromatic nitrogens is 3. The fourth-order valence-corrected chi connectivity index (χ4v) is 4.86. The minimum absolute atomic E-state index is 0.526. The van der Waals surface area contributed by atoms with Gasteiger partial charge in [-0.1, -0.05) is 22.9 Å². The zero-order chi connectivity index (χ0) is 21.1. The standard InChI is InChI=1S/C21H21ClN4O2S2/c1-13-20(17-4-6-26(25-17)11-14-5-7-29-12-14)30-21(24-13)23-10-15-8-18(27-2)19(28-3)9-16(15)22/h4-9,12H,10-11H2,1-3H3,(H,23,24). The molecule has 0 aliphatic carbocycles. The molecule has 0 unspecified atom stereocenters. The summed E-state index contributed by atoms with van der Waals surface area (Å²) in [7, 11) is 3.20. The SMILES string of the molecule is COc1cc(Cl)c(CNc2nc(C)c(-c3ccn(Cc4ccsc4)n3)s2)cc1OC. The van der Waals surface area contributed by atoms with Crippen LogP contribution in [0.5, 0.6) is 11.5 Å². The van der Waals surface area contributed by atoms with Gasteiger partial charge >= 0.3 is 0 Å². The molecule has 0 amide bonds. The second-order valence-electron chi connectivity index (χ2n) is 6.62. The van der Waals surface area contributed by atoms with Crippen molar-refractivity contribution in [1.29, 1.82) is 0 Å². The van der Waals surface area contributed by atoms with Crippen LogP contribution in [-0.4, -0.2) is 29.0 Å². The number of ether oxygens (including phenoxy) is 2. The third-order valence-electron chi connectivity index (χ3n) is 4.58. The van der Waals surface area contributed by atoms with Gasteiger partial charge in [-0.2, -0.15) is 16.4 Å². The molecule has 0 spiro atoms. The van der Waals surface area contributed by atoms with Crippen molar-refractivity contribution >= 4 is 39.4 Å². The summed E-state index contributed by atoms with van der Waals surface area (Å²) < 4.78 is 12.6. The van der Waals surface area contributed by atoms with Crippen LogP contribution in [0.2, 0.25) is 5.02 Å². The fraction of sp³-hybridized carbons (Fsp3) is 0.238. The molecule has 30 heavy (non-hydrogen) atoms. The van der Waals surface area contributed by atoms with Gasteiger partial charge in [0.2, 0.25) is 0 Å². The third kappa shape index (κ3) is 4.45. The van der Waals surface area contributed by atoms with Gasteiger partial charge in [-0.3, -0.25) is 4.68 Å². The molecule has 3 heterocycles. The molecule has 4 rings (SSSR count). The Kier molecular flexibility index (Phi) is 6.26. The van der Waals surface area contributed by atoms with E-state index in [0.29, 0.717) is 23.1 Å². The summed E-state index contributed by atoms with van der Waals surface area (Å²) in [6, 6.07) is 7.78. The summed E-state index contributed by atoms with van der Waals surface area (Å²) in [6.07, 6.45) is 2.00. The van der Waals surface area contributed by atoms with E-state index in [1.54, 1.807) is 43.0 Å². The molecule has 6 nitrogen and oxygen atoms in total. The molecule has 1 N–H and O–H groups in total. The summed E-state index contributed by atoms with van der Waals surface area (Å²) in [5.41, 5.74) is 4.03. The van der Waals surface area contributed by atoms with Crippen molar-refractivity contribution in [3.63, 3.8) is 0 Å². The third-order valence-corrected chi connectivity index (χ3v) is 6.80. The molecule has 1 aromatic carbocycles. The quantitative estimate of drug-likeness (QED) is 0.365. The Morgan fingerprint density at radius 1 is 1.17 bits per heavy atom. The minimum Gasteiger partial charge on any atom is -0.493 e. The number of thiophene rings is 1. The normalized spacial score (nSPS) is 10.9. The lowest BCUT2D eigenvalue weighted by Crippen LogP contribution is -2.01. The summed E-state index contributed by atoms with van der Waals surface area (Å²) in [5, 5.41) is 13.7. The average Bonchev–Trinajstić information content (AvgIpc) is 3.49. The van der Waals surface area contributed by atoms with Gasteiger partial charge in [0.05, 0.1) is 31.3 Å². The number of nitrogens with zero attached hydrogens (tertiary/aromatic N) is 3. The molecule has 0 atom stereocenters. The first-order chi connectivity index (χ1) is 14.6. The molecule has 9 heteroatoms. The van der Waals surface area contributed by atoms with Gasteiger partial charge in [-0.15, -0.1) is 0 Å². The van der Waals surface area contributed by atoms with E-state index >= 15 is 0 Å². The fourth-order valence-electron chi connectivity index (χ4n) is 3.05. The van der Waals surface area contributed by atoms with Gasteiger partial charge < -0.3 is 14.8 Å². The lowest BCUT2D eigenvalue weighted by atomic mass is 10.2. The number of aryl methyl sites for hydroxylation is 1. The Balaban J connectivity index is 1.48. The van der Waals surface area contributed by atoms with E-state index in [4.69, 9.17) is 26.2 Å². The Bertz CT molecular complexity index is 1140. The summed E-state index contributed by atoms with van der Waals surface area (Å²) >= 11 is 9.67. The van der Waals surface area contributed by atoms with Gasteiger partial charge in [0.15, 0.2) is 16.6 Å². The van der Waals surface area contributed by atoms with Crippen molar-refractivity contribution in [2.24, 2.45) is 0 Å². The van der Waals surface area contributed by atoms with E-state index in [0.717, 1.165) is 33.5 Å². The van der Waals surface area contributed by atoms with Crippen LogP contribution in [0.15, 0.2) is 41.2 Å².